The molecule has 0 aliphatic carbocycles. The van der Waals surface area contributed by atoms with Gasteiger partial charge in [-0.05, 0) is 18.2 Å². The van der Waals surface area contributed by atoms with Gasteiger partial charge < -0.3 is 11.1 Å². The van der Waals surface area contributed by atoms with Crippen LogP contribution in [0.3, 0.4) is 0 Å². The molecule has 1 aromatic carbocycles. The summed E-state index contributed by atoms with van der Waals surface area (Å²) in [5, 5.41) is 12.7. The number of nitrogens with zero attached hydrogens (tertiary/aromatic N) is 4. The Bertz CT molecular complexity index is 752. The molecule has 8 heteroatoms. The van der Waals surface area contributed by atoms with Crippen LogP contribution in [0.5, 0.6) is 0 Å². The summed E-state index contributed by atoms with van der Waals surface area (Å²) in [4.78, 5) is 16.3. The number of hydrogen-bond acceptors (Lipinski definition) is 6. The van der Waals surface area contributed by atoms with Crippen LogP contribution in [0.4, 0.5) is 5.69 Å². The normalized spacial score (nSPS) is 10.5. The highest BCUT2D eigenvalue weighted by Crippen LogP contribution is 2.16. The van der Waals surface area contributed by atoms with Crippen molar-refractivity contribution >= 4 is 22.9 Å². The van der Waals surface area contributed by atoms with Gasteiger partial charge in [0, 0.05) is 17.6 Å². The standard InChI is InChI=1S/C13H12N6OS/c14-5-12-18-11(6-21-12)13(20)17-9-2-1-3-10(4-9)19-7-15-16-8-19/h1-4,6-8H,5,14H2,(H,17,20). The molecule has 21 heavy (non-hydrogen) atoms. The molecule has 0 radical (unpaired) electrons. The van der Waals surface area contributed by atoms with Crippen LogP contribution in [0.1, 0.15) is 15.5 Å². The van der Waals surface area contributed by atoms with E-state index in [1.807, 2.05) is 24.3 Å². The maximum atomic E-state index is 12.1. The maximum absolute atomic E-state index is 12.1. The van der Waals surface area contributed by atoms with E-state index in [1.54, 1.807) is 22.6 Å². The summed E-state index contributed by atoms with van der Waals surface area (Å²) in [7, 11) is 0. The minimum absolute atomic E-state index is 0.258. The average molecular weight is 300 g/mol. The molecule has 0 saturated carbocycles. The van der Waals surface area contributed by atoms with Crippen LogP contribution in [0, 0.1) is 0 Å². The number of thiazole rings is 1. The highest BCUT2D eigenvalue weighted by molar-refractivity contribution is 7.09. The summed E-state index contributed by atoms with van der Waals surface area (Å²) in [6.07, 6.45) is 3.18. The van der Waals surface area contributed by atoms with E-state index in [-0.39, 0.29) is 5.91 Å². The second-order valence-corrected chi connectivity index (χ2v) is 5.15. The highest BCUT2D eigenvalue weighted by atomic mass is 32.1. The number of anilines is 1. The van der Waals surface area contributed by atoms with Crippen LogP contribution in [0.15, 0.2) is 42.3 Å². The summed E-state index contributed by atoms with van der Waals surface area (Å²) in [5.41, 5.74) is 7.40. The third-order valence-electron chi connectivity index (χ3n) is 2.78. The molecule has 2 heterocycles. The first-order chi connectivity index (χ1) is 10.3. The number of hydrogen-bond donors (Lipinski definition) is 2. The quantitative estimate of drug-likeness (QED) is 0.759. The fourth-order valence-electron chi connectivity index (χ4n) is 1.78. The predicted molar refractivity (Wildman–Crippen MR) is 79.3 cm³/mol. The van der Waals surface area contributed by atoms with Crippen LogP contribution < -0.4 is 11.1 Å². The van der Waals surface area contributed by atoms with E-state index >= 15 is 0 Å². The Morgan fingerprint density at radius 3 is 2.86 bits per heavy atom. The molecule has 3 aromatic rings. The lowest BCUT2D eigenvalue weighted by molar-refractivity contribution is 0.102. The number of benzene rings is 1. The topological polar surface area (TPSA) is 98.7 Å². The lowest BCUT2D eigenvalue weighted by Gasteiger charge is -2.06. The number of nitrogens with one attached hydrogen (secondary N) is 1. The van der Waals surface area contributed by atoms with Crippen molar-refractivity contribution in [3.05, 3.63) is 53.0 Å². The molecule has 2 aromatic heterocycles. The first kappa shape index (κ1) is 13.4. The van der Waals surface area contributed by atoms with Gasteiger partial charge in [-0.25, -0.2) is 4.98 Å². The van der Waals surface area contributed by atoms with E-state index in [2.05, 4.69) is 20.5 Å². The zero-order valence-electron chi connectivity index (χ0n) is 10.9. The Kier molecular flexibility index (Phi) is 3.71. The van der Waals surface area contributed by atoms with Gasteiger partial charge in [0.1, 0.15) is 23.4 Å². The Morgan fingerprint density at radius 2 is 2.14 bits per heavy atom. The van der Waals surface area contributed by atoms with Crippen LogP contribution in [-0.4, -0.2) is 25.7 Å². The zero-order chi connectivity index (χ0) is 14.7. The van der Waals surface area contributed by atoms with E-state index in [4.69, 9.17) is 5.73 Å². The molecule has 1 amide bonds. The molecule has 0 saturated heterocycles. The monoisotopic (exact) mass is 300 g/mol. The van der Waals surface area contributed by atoms with Crippen LogP contribution >= 0.6 is 11.3 Å². The first-order valence-electron chi connectivity index (χ1n) is 6.17. The van der Waals surface area contributed by atoms with Gasteiger partial charge in [0.15, 0.2) is 0 Å². The Morgan fingerprint density at radius 1 is 1.33 bits per heavy atom. The molecule has 0 atom stereocenters. The van der Waals surface area contributed by atoms with Gasteiger partial charge >= 0.3 is 0 Å². The largest absolute Gasteiger partial charge is 0.325 e. The van der Waals surface area contributed by atoms with Gasteiger partial charge in [-0.3, -0.25) is 9.36 Å². The second kappa shape index (κ2) is 5.81. The number of aromatic nitrogens is 4. The van der Waals surface area contributed by atoms with Crippen molar-refractivity contribution in [1.29, 1.82) is 0 Å². The van der Waals surface area contributed by atoms with Gasteiger partial charge in [0.2, 0.25) is 0 Å². The van der Waals surface area contributed by atoms with Crippen molar-refractivity contribution in [2.75, 3.05) is 5.32 Å². The summed E-state index contributed by atoms with van der Waals surface area (Å²) < 4.78 is 1.75. The van der Waals surface area contributed by atoms with Crippen molar-refractivity contribution in [3.63, 3.8) is 0 Å². The number of nitrogens with two attached hydrogens (primary N) is 1. The summed E-state index contributed by atoms with van der Waals surface area (Å²) in [6, 6.07) is 7.38. The predicted octanol–water partition coefficient (Wildman–Crippen LogP) is 1.43. The number of carbonyl (C=O) groups is 1. The minimum Gasteiger partial charge on any atom is -0.325 e. The molecule has 3 N–H and O–H groups in total. The summed E-state index contributed by atoms with van der Waals surface area (Å²) in [5.74, 6) is -0.258. The molecule has 0 spiro atoms. The van der Waals surface area contributed by atoms with Crippen LogP contribution in [0.25, 0.3) is 5.69 Å². The fraction of sp³-hybridized carbons (Fsp3) is 0.0769. The number of rotatable bonds is 4. The smallest absolute Gasteiger partial charge is 0.275 e. The molecule has 0 aliphatic heterocycles. The van der Waals surface area contributed by atoms with Gasteiger partial charge in [-0.2, -0.15) is 0 Å². The molecular weight excluding hydrogens is 288 g/mol. The van der Waals surface area contributed by atoms with Gasteiger partial charge in [0.25, 0.3) is 5.91 Å². The Balaban J connectivity index is 1.78. The number of carbonyl (C=O) groups excluding carboxylic acids is 1. The molecular formula is C13H12N6OS. The third-order valence-corrected chi connectivity index (χ3v) is 3.65. The van der Waals surface area contributed by atoms with Gasteiger partial charge in [-0.1, -0.05) is 6.07 Å². The van der Waals surface area contributed by atoms with Crippen LogP contribution in [0.2, 0.25) is 0 Å². The van der Waals surface area contributed by atoms with Gasteiger partial charge in [0.05, 0.1) is 5.69 Å². The molecule has 0 bridgehead atoms. The number of amides is 1. The fourth-order valence-corrected chi connectivity index (χ4v) is 2.44. The first-order valence-corrected chi connectivity index (χ1v) is 7.05. The lowest BCUT2D eigenvalue weighted by atomic mass is 10.2. The molecule has 0 aliphatic rings. The third kappa shape index (κ3) is 2.96. The zero-order valence-corrected chi connectivity index (χ0v) is 11.7. The molecule has 7 nitrogen and oxygen atoms in total. The van der Waals surface area contributed by atoms with E-state index < -0.39 is 0 Å². The Labute approximate surface area is 124 Å². The Hall–Kier alpha value is -2.58. The molecule has 3 rings (SSSR count). The summed E-state index contributed by atoms with van der Waals surface area (Å²) >= 11 is 1.37. The van der Waals surface area contributed by atoms with Crippen LogP contribution in [-0.2, 0) is 6.54 Å². The SMILES string of the molecule is NCc1nc(C(=O)Nc2cccc(-n3cnnc3)c2)cs1. The van der Waals surface area contributed by atoms with Crippen molar-refractivity contribution in [2.45, 2.75) is 6.54 Å². The van der Waals surface area contributed by atoms with E-state index in [1.165, 1.54) is 11.3 Å². The van der Waals surface area contributed by atoms with Crippen molar-refractivity contribution in [3.8, 4) is 5.69 Å². The van der Waals surface area contributed by atoms with Crippen molar-refractivity contribution in [2.24, 2.45) is 5.73 Å². The highest BCUT2D eigenvalue weighted by Gasteiger charge is 2.10. The second-order valence-electron chi connectivity index (χ2n) is 4.20. The molecule has 106 valence electrons. The summed E-state index contributed by atoms with van der Waals surface area (Å²) in [6.45, 7) is 0.334. The van der Waals surface area contributed by atoms with E-state index in [0.717, 1.165) is 10.7 Å². The van der Waals surface area contributed by atoms with E-state index in [0.29, 0.717) is 17.9 Å². The lowest BCUT2D eigenvalue weighted by Crippen LogP contribution is -2.13. The maximum Gasteiger partial charge on any atom is 0.275 e. The van der Waals surface area contributed by atoms with Gasteiger partial charge in [-0.15, -0.1) is 21.5 Å². The molecule has 0 fully saturated rings. The van der Waals surface area contributed by atoms with Crippen molar-refractivity contribution < 1.29 is 4.79 Å². The average Bonchev–Trinajstić information content (AvgIpc) is 3.19. The minimum atomic E-state index is -0.258. The van der Waals surface area contributed by atoms with E-state index in [9.17, 15) is 4.79 Å². The van der Waals surface area contributed by atoms with Crippen molar-refractivity contribution in [1.82, 2.24) is 19.7 Å². The molecule has 0 unspecified atom stereocenters.